The highest BCUT2D eigenvalue weighted by Gasteiger charge is 2.28. The van der Waals surface area contributed by atoms with Gasteiger partial charge in [-0.1, -0.05) is 22.9 Å². The maximum Gasteiger partial charge on any atom is 0.156 e. The van der Waals surface area contributed by atoms with Crippen LogP contribution in [-0.4, -0.2) is 35.6 Å². The number of hydrogen-bond acceptors (Lipinski definition) is 4. The van der Waals surface area contributed by atoms with Crippen LogP contribution in [0.1, 0.15) is 24.0 Å². The summed E-state index contributed by atoms with van der Waals surface area (Å²) in [6.45, 7) is 3.78. The maximum absolute atomic E-state index is 8.84. The molecule has 1 fully saturated rings. The minimum atomic E-state index is 0.0234. The second-order valence-electron chi connectivity index (χ2n) is 4.97. The lowest BCUT2D eigenvalue weighted by molar-refractivity contribution is 0.271. The second-order valence-corrected chi connectivity index (χ2v) is 4.97. The average molecular weight is 263 g/mol. The van der Waals surface area contributed by atoms with Crippen molar-refractivity contribution < 1.29 is 9.94 Å². The van der Waals surface area contributed by atoms with E-state index in [0.29, 0.717) is 5.84 Å². The van der Waals surface area contributed by atoms with Gasteiger partial charge >= 0.3 is 0 Å². The molecule has 0 radical (unpaired) electrons. The molecule has 5 nitrogen and oxygen atoms in total. The third kappa shape index (κ3) is 2.98. The number of methoxy groups -OCH3 is 1. The number of rotatable bonds is 4. The number of hydrogen-bond donors (Lipinski definition) is 2. The van der Waals surface area contributed by atoms with E-state index in [1.807, 2.05) is 12.1 Å². The van der Waals surface area contributed by atoms with Crippen molar-refractivity contribution in [2.45, 2.75) is 32.4 Å². The summed E-state index contributed by atoms with van der Waals surface area (Å²) < 4.78 is 5.40. The molecule has 0 bridgehead atoms. The van der Waals surface area contributed by atoms with E-state index in [9.17, 15) is 0 Å². The number of nitrogens with zero attached hydrogens (tertiary/aromatic N) is 2. The first-order valence-electron chi connectivity index (χ1n) is 6.50. The quantitative estimate of drug-likeness (QED) is 0.375. The van der Waals surface area contributed by atoms with Gasteiger partial charge in [0.25, 0.3) is 0 Å². The fourth-order valence-corrected chi connectivity index (χ4v) is 2.67. The summed E-state index contributed by atoms with van der Waals surface area (Å²) in [5, 5.41) is 12.0. The van der Waals surface area contributed by atoms with Crippen LogP contribution in [0.2, 0.25) is 0 Å². The van der Waals surface area contributed by atoms with Crippen molar-refractivity contribution in [1.82, 2.24) is 4.90 Å². The Morgan fingerprint density at radius 1 is 1.58 bits per heavy atom. The monoisotopic (exact) mass is 263 g/mol. The summed E-state index contributed by atoms with van der Waals surface area (Å²) in [6.07, 6.45) is 2.00. The molecular weight excluding hydrogens is 242 g/mol. The molecule has 1 aromatic rings. The summed E-state index contributed by atoms with van der Waals surface area (Å²) in [5.74, 6) is 1.18. The lowest BCUT2D eigenvalue weighted by Crippen LogP contribution is -2.40. The van der Waals surface area contributed by atoms with Crippen LogP contribution in [0.15, 0.2) is 23.4 Å². The molecule has 1 atom stereocenters. The molecule has 0 spiro atoms. The van der Waals surface area contributed by atoms with Crippen molar-refractivity contribution in [1.29, 1.82) is 0 Å². The Hall–Kier alpha value is -1.75. The van der Waals surface area contributed by atoms with E-state index in [2.05, 4.69) is 23.0 Å². The van der Waals surface area contributed by atoms with Crippen LogP contribution in [-0.2, 0) is 6.54 Å². The number of likely N-dealkylation sites (tertiary alicyclic amines) is 1. The summed E-state index contributed by atoms with van der Waals surface area (Å²) in [6, 6.07) is 6.17. The largest absolute Gasteiger partial charge is 0.496 e. The van der Waals surface area contributed by atoms with E-state index < -0.39 is 0 Å². The highest BCUT2D eigenvalue weighted by Crippen LogP contribution is 2.26. The van der Waals surface area contributed by atoms with Crippen LogP contribution in [0.3, 0.4) is 0 Å². The van der Waals surface area contributed by atoms with Gasteiger partial charge < -0.3 is 15.7 Å². The zero-order valence-electron chi connectivity index (χ0n) is 11.5. The molecule has 0 amide bonds. The van der Waals surface area contributed by atoms with Crippen LogP contribution in [0.25, 0.3) is 0 Å². The predicted molar refractivity (Wildman–Crippen MR) is 74.6 cm³/mol. The zero-order valence-corrected chi connectivity index (χ0v) is 11.5. The molecule has 1 unspecified atom stereocenters. The van der Waals surface area contributed by atoms with Gasteiger partial charge in [-0.15, -0.1) is 0 Å². The van der Waals surface area contributed by atoms with E-state index in [0.717, 1.165) is 37.2 Å². The van der Waals surface area contributed by atoms with Gasteiger partial charge in [-0.3, -0.25) is 4.90 Å². The van der Waals surface area contributed by atoms with Crippen LogP contribution in [0.5, 0.6) is 5.75 Å². The van der Waals surface area contributed by atoms with Crippen molar-refractivity contribution in [2.75, 3.05) is 13.7 Å². The summed E-state index contributed by atoms with van der Waals surface area (Å²) in [7, 11) is 1.68. The predicted octanol–water partition coefficient (Wildman–Crippen LogP) is 1.71. The van der Waals surface area contributed by atoms with Crippen LogP contribution < -0.4 is 10.5 Å². The first kappa shape index (κ1) is 13.7. The Bertz CT molecular complexity index is 474. The van der Waals surface area contributed by atoms with Crippen molar-refractivity contribution >= 4 is 5.84 Å². The van der Waals surface area contributed by atoms with E-state index in [-0.39, 0.29) is 6.04 Å². The average Bonchev–Trinajstić information content (AvgIpc) is 2.86. The lowest BCUT2D eigenvalue weighted by Gasteiger charge is -2.24. The fourth-order valence-electron chi connectivity index (χ4n) is 2.67. The maximum atomic E-state index is 8.84. The first-order valence-corrected chi connectivity index (χ1v) is 6.50. The SMILES string of the molecule is COc1ccc(C)cc1CN1CCCC1C(N)=NO. The molecule has 5 heteroatoms. The number of amidine groups is 1. The topological polar surface area (TPSA) is 71.1 Å². The van der Waals surface area contributed by atoms with E-state index >= 15 is 0 Å². The van der Waals surface area contributed by atoms with Crippen LogP contribution in [0.4, 0.5) is 0 Å². The molecule has 19 heavy (non-hydrogen) atoms. The van der Waals surface area contributed by atoms with Gasteiger partial charge in [0.05, 0.1) is 13.2 Å². The molecule has 3 N–H and O–H groups in total. The van der Waals surface area contributed by atoms with Gasteiger partial charge in [0, 0.05) is 12.1 Å². The van der Waals surface area contributed by atoms with Crippen molar-refractivity contribution in [2.24, 2.45) is 10.9 Å². The Morgan fingerprint density at radius 2 is 2.37 bits per heavy atom. The van der Waals surface area contributed by atoms with Crippen molar-refractivity contribution in [3.8, 4) is 5.75 Å². The Balaban J connectivity index is 2.18. The summed E-state index contributed by atoms with van der Waals surface area (Å²) in [5.41, 5.74) is 8.09. The molecule has 0 saturated carbocycles. The van der Waals surface area contributed by atoms with Crippen molar-refractivity contribution in [3.63, 3.8) is 0 Å². The smallest absolute Gasteiger partial charge is 0.156 e. The van der Waals surface area contributed by atoms with E-state index in [4.69, 9.17) is 15.7 Å². The summed E-state index contributed by atoms with van der Waals surface area (Å²) in [4.78, 5) is 2.23. The van der Waals surface area contributed by atoms with Gasteiger partial charge in [0.15, 0.2) is 5.84 Å². The minimum absolute atomic E-state index is 0.0234. The number of benzene rings is 1. The third-order valence-electron chi connectivity index (χ3n) is 3.63. The second kappa shape index (κ2) is 5.93. The zero-order chi connectivity index (χ0) is 13.8. The molecule has 0 aromatic heterocycles. The van der Waals surface area contributed by atoms with Crippen LogP contribution in [0, 0.1) is 6.92 Å². The van der Waals surface area contributed by atoms with Gasteiger partial charge in [-0.25, -0.2) is 0 Å². The minimum Gasteiger partial charge on any atom is -0.496 e. The lowest BCUT2D eigenvalue weighted by atomic mass is 10.1. The Kier molecular flexibility index (Phi) is 4.27. The number of ether oxygens (including phenoxy) is 1. The standard InChI is InChI=1S/C14H21N3O2/c1-10-5-6-13(19-2)11(8-10)9-17-7-3-4-12(17)14(15)16-18/h5-6,8,12,18H,3-4,7,9H2,1-2H3,(H2,15,16). The first-order chi connectivity index (χ1) is 9.15. The fraction of sp³-hybridized carbons (Fsp3) is 0.500. The van der Waals surface area contributed by atoms with E-state index in [1.165, 1.54) is 5.56 Å². The Labute approximate surface area is 113 Å². The third-order valence-corrected chi connectivity index (χ3v) is 3.63. The normalized spacial score (nSPS) is 20.7. The molecule has 1 aromatic carbocycles. The molecule has 1 saturated heterocycles. The molecular formula is C14H21N3O2. The number of aryl methyl sites for hydroxylation is 1. The molecule has 1 aliphatic heterocycles. The van der Waals surface area contributed by atoms with Gasteiger partial charge in [0.1, 0.15) is 5.75 Å². The Morgan fingerprint density at radius 3 is 3.05 bits per heavy atom. The highest BCUT2D eigenvalue weighted by molar-refractivity contribution is 5.85. The molecule has 2 rings (SSSR count). The number of nitrogens with two attached hydrogens (primary N) is 1. The summed E-state index contributed by atoms with van der Waals surface area (Å²) >= 11 is 0. The van der Waals surface area contributed by atoms with Crippen LogP contribution >= 0.6 is 0 Å². The molecule has 1 heterocycles. The van der Waals surface area contributed by atoms with E-state index in [1.54, 1.807) is 7.11 Å². The van der Waals surface area contributed by atoms with Gasteiger partial charge in [-0.2, -0.15) is 0 Å². The molecule has 1 aliphatic rings. The molecule has 0 aliphatic carbocycles. The van der Waals surface area contributed by atoms with Gasteiger partial charge in [-0.05, 0) is 32.4 Å². The van der Waals surface area contributed by atoms with Gasteiger partial charge in [0.2, 0.25) is 0 Å². The molecule has 104 valence electrons. The highest BCUT2D eigenvalue weighted by atomic mass is 16.5. The van der Waals surface area contributed by atoms with Crippen molar-refractivity contribution in [3.05, 3.63) is 29.3 Å². The number of oxime groups is 1.